The fourth-order valence-electron chi connectivity index (χ4n) is 2.61. The first-order valence-corrected chi connectivity index (χ1v) is 6.92. The lowest BCUT2D eigenvalue weighted by Gasteiger charge is -2.30. The SMILES string of the molecule is CCN(C(=O)NC(C)C1CC1)C1COCC1C(=O)O. The fourth-order valence-corrected chi connectivity index (χ4v) is 2.61. The number of hydrogen-bond donors (Lipinski definition) is 2. The molecule has 0 aromatic rings. The molecule has 2 fully saturated rings. The highest BCUT2D eigenvalue weighted by molar-refractivity contribution is 5.77. The molecule has 0 bridgehead atoms. The molecule has 2 N–H and O–H groups in total. The molecular formula is C13H22N2O4. The van der Waals surface area contributed by atoms with Crippen LogP contribution in [-0.4, -0.2) is 53.8 Å². The standard InChI is InChI=1S/C13H22N2O4/c1-3-15(11-7-19-6-10(11)12(16)17)13(18)14-8(2)9-4-5-9/h8-11H,3-7H2,1-2H3,(H,14,18)(H,16,17). The zero-order valence-electron chi connectivity index (χ0n) is 11.5. The van der Waals surface area contributed by atoms with Crippen LogP contribution in [0.4, 0.5) is 4.79 Å². The Kier molecular flexibility index (Phi) is 4.29. The van der Waals surface area contributed by atoms with Crippen molar-refractivity contribution in [2.75, 3.05) is 19.8 Å². The molecule has 0 aromatic heterocycles. The molecule has 1 saturated carbocycles. The number of carbonyl (C=O) groups excluding carboxylic acids is 1. The van der Waals surface area contributed by atoms with Crippen LogP contribution in [0.2, 0.25) is 0 Å². The average molecular weight is 270 g/mol. The summed E-state index contributed by atoms with van der Waals surface area (Å²) in [6, 6.07) is -0.385. The predicted octanol–water partition coefficient (Wildman–Crippen LogP) is 0.916. The molecule has 19 heavy (non-hydrogen) atoms. The van der Waals surface area contributed by atoms with Crippen molar-refractivity contribution in [3.8, 4) is 0 Å². The molecule has 1 aliphatic carbocycles. The Balaban J connectivity index is 1.97. The third kappa shape index (κ3) is 3.18. The normalized spacial score (nSPS) is 27.9. The highest BCUT2D eigenvalue weighted by Gasteiger charge is 2.40. The third-order valence-corrected chi connectivity index (χ3v) is 4.05. The maximum Gasteiger partial charge on any atom is 0.317 e. The Labute approximate surface area is 113 Å². The predicted molar refractivity (Wildman–Crippen MR) is 68.8 cm³/mol. The maximum atomic E-state index is 12.2. The summed E-state index contributed by atoms with van der Waals surface area (Å²) in [5, 5.41) is 12.1. The van der Waals surface area contributed by atoms with E-state index < -0.39 is 11.9 Å². The minimum atomic E-state index is -0.899. The van der Waals surface area contributed by atoms with E-state index in [1.165, 1.54) is 0 Å². The van der Waals surface area contributed by atoms with Crippen LogP contribution in [0.3, 0.4) is 0 Å². The summed E-state index contributed by atoms with van der Waals surface area (Å²) in [4.78, 5) is 25.0. The molecule has 1 saturated heterocycles. The monoisotopic (exact) mass is 270 g/mol. The van der Waals surface area contributed by atoms with Crippen molar-refractivity contribution in [1.82, 2.24) is 10.2 Å². The lowest BCUT2D eigenvalue weighted by molar-refractivity contribution is -0.142. The van der Waals surface area contributed by atoms with Gasteiger partial charge >= 0.3 is 12.0 Å². The summed E-state index contributed by atoms with van der Waals surface area (Å²) < 4.78 is 5.23. The number of carboxylic acids is 1. The lowest BCUT2D eigenvalue weighted by Crippen LogP contribution is -2.52. The lowest BCUT2D eigenvalue weighted by atomic mass is 10.0. The first-order chi connectivity index (χ1) is 9.04. The zero-order chi connectivity index (χ0) is 14.0. The zero-order valence-corrected chi connectivity index (χ0v) is 11.5. The Morgan fingerprint density at radius 2 is 2.11 bits per heavy atom. The number of urea groups is 1. The average Bonchev–Trinajstić information content (AvgIpc) is 3.09. The summed E-state index contributed by atoms with van der Waals surface area (Å²) in [6.45, 7) is 4.83. The largest absolute Gasteiger partial charge is 0.481 e. The molecular weight excluding hydrogens is 248 g/mol. The summed E-state index contributed by atoms with van der Waals surface area (Å²) in [5.41, 5.74) is 0. The van der Waals surface area contributed by atoms with E-state index in [0.29, 0.717) is 19.1 Å². The summed E-state index contributed by atoms with van der Waals surface area (Å²) in [6.07, 6.45) is 2.33. The Hall–Kier alpha value is -1.30. The molecule has 1 heterocycles. The molecule has 108 valence electrons. The first-order valence-electron chi connectivity index (χ1n) is 6.92. The van der Waals surface area contributed by atoms with E-state index in [9.17, 15) is 9.59 Å². The second-order valence-electron chi connectivity index (χ2n) is 5.41. The molecule has 0 radical (unpaired) electrons. The van der Waals surface area contributed by atoms with E-state index in [1.807, 2.05) is 13.8 Å². The number of likely N-dealkylation sites (N-methyl/N-ethyl adjacent to an activating group) is 1. The highest BCUT2D eigenvalue weighted by atomic mass is 16.5. The van der Waals surface area contributed by atoms with Crippen LogP contribution in [0, 0.1) is 11.8 Å². The number of carbonyl (C=O) groups is 2. The van der Waals surface area contributed by atoms with Gasteiger partial charge in [-0.25, -0.2) is 4.79 Å². The molecule has 2 aliphatic rings. The summed E-state index contributed by atoms with van der Waals surface area (Å²) in [5.74, 6) is -0.941. The smallest absolute Gasteiger partial charge is 0.317 e. The van der Waals surface area contributed by atoms with Gasteiger partial charge in [-0.1, -0.05) is 0 Å². The second kappa shape index (κ2) is 5.77. The van der Waals surface area contributed by atoms with Crippen LogP contribution in [0.5, 0.6) is 0 Å². The van der Waals surface area contributed by atoms with Crippen molar-refractivity contribution in [2.45, 2.75) is 38.8 Å². The minimum absolute atomic E-state index is 0.159. The third-order valence-electron chi connectivity index (χ3n) is 4.05. The summed E-state index contributed by atoms with van der Waals surface area (Å²) in [7, 11) is 0. The van der Waals surface area contributed by atoms with Crippen molar-refractivity contribution in [1.29, 1.82) is 0 Å². The van der Waals surface area contributed by atoms with Gasteiger partial charge in [0.1, 0.15) is 5.92 Å². The number of rotatable bonds is 5. The quantitative estimate of drug-likeness (QED) is 0.778. The number of nitrogens with one attached hydrogen (secondary N) is 1. The molecule has 2 rings (SSSR count). The molecule has 2 amide bonds. The Bertz CT molecular complexity index is 357. The van der Waals surface area contributed by atoms with Crippen molar-refractivity contribution >= 4 is 12.0 Å². The van der Waals surface area contributed by atoms with Crippen LogP contribution in [-0.2, 0) is 9.53 Å². The molecule has 0 aromatic carbocycles. The van der Waals surface area contributed by atoms with Gasteiger partial charge in [0.05, 0.1) is 19.3 Å². The Morgan fingerprint density at radius 3 is 2.63 bits per heavy atom. The molecule has 6 heteroatoms. The van der Waals surface area contributed by atoms with Gasteiger partial charge in [0.25, 0.3) is 0 Å². The van der Waals surface area contributed by atoms with Crippen LogP contribution in [0.1, 0.15) is 26.7 Å². The second-order valence-corrected chi connectivity index (χ2v) is 5.41. The summed E-state index contributed by atoms with van der Waals surface area (Å²) >= 11 is 0. The van der Waals surface area contributed by atoms with Crippen molar-refractivity contribution in [2.24, 2.45) is 11.8 Å². The van der Waals surface area contributed by atoms with Crippen LogP contribution in [0.25, 0.3) is 0 Å². The van der Waals surface area contributed by atoms with Gasteiger partial charge in [0, 0.05) is 12.6 Å². The van der Waals surface area contributed by atoms with E-state index in [0.717, 1.165) is 12.8 Å². The number of ether oxygens (including phenoxy) is 1. The van der Waals surface area contributed by atoms with E-state index in [4.69, 9.17) is 9.84 Å². The van der Waals surface area contributed by atoms with Crippen molar-refractivity contribution < 1.29 is 19.4 Å². The van der Waals surface area contributed by atoms with Crippen molar-refractivity contribution in [3.05, 3.63) is 0 Å². The number of carboxylic acid groups (broad SMARTS) is 1. The van der Waals surface area contributed by atoms with Gasteiger partial charge in [-0.15, -0.1) is 0 Å². The van der Waals surface area contributed by atoms with E-state index in [2.05, 4.69) is 5.32 Å². The number of amides is 2. The minimum Gasteiger partial charge on any atom is -0.481 e. The van der Waals surface area contributed by atoms with Gasteiger partial charge in [0.2, 0.25) is 0 Å². The van der Waals surface area contributed by atoms with Crippen LogP contribution < -0.4 is 5.32 Å². The number of aliphatic carboxylic acids is 1. The van der Waals surface area contributed by atoms with Gasteiger partial charge in [-0.3, -0.25) is 4.79 Å². The fraction of sp³-hybridized carbons (Fsp3) is 0.846. The molecule has 6 nitrogen and oxygen atoms in total. The highest BCUT2D eigenvalue weighted by Crippen LogP contribution is 2.32. The molecule has 3 atom stereocenters. The van der Waals surface area contributed by atoms with Crippen molar-refractivity contribution in [3.63, 3.8) is 0 Å². The van der Waals surface area contributed by atoms with Crippen LogP contribution >= 0.6 is 0 Å². The number of hydrogen-bond acceptors (Lipinski definition) is 3. The number of nitrogens with zero attached hydrogens (tertiary/aromatic N) is 1. The topological polar surface area (TPSA) is 78.9 Å². The van der Waals surface area contributed by atoms with Gasteiger partial charge < -0.3 is 20.1 Å². The van der Waals surface area contributed by atoms with E-state index in [1.54, 1.807) is 4.90 Å². The van der Waals surface area contributed by atoms with Gasteiger partial charge in [0.15, 0.2) is 0 Å². The molecule has 1 aliphatic heterocycles. The molecule has 0 spiro atoms. The van der Waals surface area contributed by atoms with Crippen LogP contribution in [0.15, 0.2) is 0 Å². The maximum absolute atomic E-state index is 12.2. The van der Waals surface area contributed by atoms with E-state index >= 15 is 0 Å². The van der Waals surface area contributed by atoms with Gasteiger partial charge in [-0.05, 0) is 32.6 Å². The molecule has 3 unspecified atom stereocenters. The Morgan fingerprint density at radius 1 is 1.42 bits per heavy atom. The van der Waals surface area contributed by atoms with E-state index in [-0.39, 0.29) is 24.7 Å². The van der Waals surface area contributed by atoms with Gasteiger partial charge in [-0.2, -0.15) is 0 Å². The first kappa shape index (κ1) is 14.1.